The van der Waals surface area contributed by atoms with Crippen molar-refractivity contribution in [2.75, 3.05) is 0 Å². The van der Waals surface area contributed by atoms with Crippen LogP contribution in [0.25, 0.3) is 89.3 Å². The highest BCUT2D eigenvalue weighted by molar-refractivity contribution is 6.09. The minimum Gasteiger partial charge on any atom is -0.309 e. The second-order valence-electron chi connectivity index (χ2n) is 13.5. The number of hydrogen-bond acceptors (Lipinski definition) is 2. The maximum Gasteiger partial charge on any atom is 0.168 e. The Hall–Kier alpha value is -7.30. The smallest absolute Gasteiger partial charge is 0.168 e. The molecule has 0 radical (unpaired) electrons. The second-order valence-corrected chi connectivity index (χ2v) is 13.5. The molecule has 0 amide bonds. The van der Waals surface area contributed by atoms with Crippen molar-refractivity contribution in [3.05, 3.63) is 206 Å². The minimum absolute atomic E-state index is 0.801. The highest BCUT2D eigenvalue weighted by atomic mass is 15.3. The van der Waals surface area contributed by atoms with E-state index in [2.05, 4.69) is 184 Å². The summed E-state index contributed by atoms with van der Waals surface area (Å²) in [6, 6.07) is 73.0. The van der Waals surface area contributed by atoms with Crippen LogP contribution in [0.5, 0.6) is 0 Å². The molecule has 254 valence electrons. The van der Waals surface area contributed by atoms with Crippen LogP contribution in [0.15, 0.2) is 206 Å². The molecule has 0 fully saturated rings. The van der Waals surface area contributed by atoms with Crippen molar-refractivity contribution in [1.82, 2.24) is 19.3 Å². The molecule has 2 aromatic heterocycles. The summed E-state index contributed by atoms with van der Waals surface area (Å²) in [4.78, 5) is 0. The third-order valence-electron chi connectivity index (χ3n) is 10.3. The molecule has 54 heavy (non-hydrogen) atoms. The molecule has 0 bridgehead atoms. The third kappa shape index (κ3) is 5.40. The molecule has 4 nitrogen and oxygen atoms in total. The van der Waals surface area contributed by atoms with E-state index in [1.807, 2.05) is 36.4 Å². The Morgan fingerprint density at radius 3 is 1.17 bits per heavy atom. The number of benzene rings is 8. The average Bonchev–Trinajstić information content (AvgIpc) is 3.85. The number of aromatic nitrogens is 4. The van der Waals surface area contributed by atoms with E-state index in [-0.39, 0.29) is 0 Å². The van der Waals surface area contributed by atoms with Crippen molar-refractivity contribution >= 4 is 21.8 Å². The first-order valence-electron chi connectivity index (χ1n) is 18.3. The second kappa shape index (κ2) is 13.4. The van der Waals surface area contributed by atoms with E-state index < -0.39 is 0 Å². The van der Waals surface area contributed by atoms with Gasteiger partial charge in [-0.25, -0.2) is 0 Å². The maximum absolute atomic E-state index is 4.72. The summed E-state index contributed by atoms with van der Waals surface area (Å²) >= 11 is 0. The van der Waals surface area contributed by atoms with Gasteiger partial charge in [0.2, 0.25) is 0 Å². The van der Waals surface area contributed by atoms with Crippen LogP contribution in [0.1, 0.15) is 0 Å². The van der Waals surface area contributed by atoms with Crippen LogP contribution in [-0.4, -0.2) is 19.3 Å². The molecule has 0 aliphatic heterocycles. The summed E-state index contributed by atoms with van der Waals surface area (Å²) in [6.07, 6.45) is 0. The molecule has 0 aliphatic carbocycles. The molecule has 0 aliphatic rings. The van der Waals surface area contributed by atoms with Crippen LogP contribution in [0.3, 0.4) is 0 Å². The van der Waals surface area contributed by atoms with E-state index in [4.69, 9.17) is 5.10 Å². The number of hydrogen-bond donors (Lipinski definition) is 0. The molecule has 10 rings (SSSR count). The monoisotopic (exact) mass is 690 g/mol. The zero-order valence-electron chi connectivity index (χ0n) is 29.4. The van der Waals surface area contributed by atoms with Crippen molar-refractivity contribution < 1.29 is 0 Å². The van der Waals surface area contributed by atoms with Gasteiger partial charge in [-0.2, -0.15) is 0 Å². The molecule has 4 heteroatoms. The standard InChI is InChI=1S/C50H34N4/c1-3-15-37(16-4-1)49-51-52-50(54(49)39-17-5-2-6-18-39)38-29-27-35(28-30-38)41-19-7-9-21-43(41)44-22-10-8-20-42(44)36-31-33-40(34-32-36)53-47-25-13-11-23-45(47)46-24-12-14-26-48(46)53/h1-34H. The van der Waals surface area contributed by atoms with Crippen molar-refractivity contribution in [3.63, 3.8) is 0 Å². The van der Waals surface area contributed by atoms with Crippen LogP contribution in [-0.2, 0) is 0 Å². The predicted octanol–water partition coefficient (Wildman–Crippen LogP) is 12.7. The molecular weight excluding hydrogens is 657 g/mol. The third-order valence-corrected chi connectivity index (χ3v) is 10.3. The van der Waals surface area contributed by atoms with Gasteiger partial charge in [0.1, 0.15) is 0 Å². The Balaban J connectivity index is 1.02. The van der Waals surface area contributed by atoms with E-state index in [0.717, 1.165) is 39.7 Å². The lowest BCUT2D eigenvalue weighted by atomic mass is 9.89. The summed E-state index contributed by atoms with van der Waals surface area (Å²) < 4.78 is 4.51. The Labute approximate surface area is 313 Å². The van der Waals surface area contributed by atoms with E-state index >= 15 is 0 Å². The maximum atomic E-state index is 4.72. The van der Waals surface area contributed by atoms with Crippen LogP contribution in [0, 0.1) is 0 Å². The zero-order chi connectivity index (χ0) is 35.8. The largest absolute Gasteiger partial charge is 0.309 e. The molecule has 10 aromatic rings. The molecule has 2 heterocycles. The van der Waals surface area contributed by atoms with E-state index in [9.17, 15) is 0 Å². The lowest BCUT2D eigenvalue weighted by molar-refractivity contribution is 1.07. The Morgan fingerprint density at radius 1 is 0.259 bits per heavy atom. The fourth-order valence-electron chi connectivity index (χ4n) is 7.80. The lowest BCUT2D eigenvalue weighted by Gasteiger charge is -2.16. The summed E-state index contributed by atoms with van der Waals surface area (Å²) in [6.45, 7) is 0. The molecule has 0 N–H and O–H groups in total. The van der Waals surface area contributed by atoms with Crippen LogP contribution in [0.2, 0.25) is 0 Å². The SMILES string of the molecule is c1ccc(-c2nnc(-c3ccc(-c4ccccc4-c4ccccc4-c4ccc(-n5c6ccccc6c6ccccc65)cc4)cc3)n2-c2ccccc2)cc1. The molecular formula is C50H34N4. The van der Waals surface area contributed by atoms with Crippen molar-refractivity contribution in [2.24, 2.45) is 0 Å². The fraction of sp³-hybridized carbons (Fsp3) is 0. The van der Waals surface area contributed by atoms with Gasteiger partial charge in [0.15, 0.2) is 11.6 Å². The topological polar surface area (TPSA) is 35.6 Å². The molecule has 0 spiro atoms. The van der Waals surface area contributed by atoms with E-state index in [1.165, 1.54) is 49.6 Å². The normalized spacial score (nSPS) is 11.3. The summed E-state index contributed by atoms with van der Waals surface area (Å²) in [7, 11) is 0. The number of rotatable bonds is 7. The van der Waals surface area contributed by atoms with Crippen molar-refractivity contribution in [1.29, 1.82) is 0 Å². The van der Waals surface area contributed by atoms with Crippen LogP contribution < -0.4 is 0 Å². The van der Waals surface area contributed by atoms with Gasteiger partial charge in [-0.3, -0.25) is 4.57 Å². The number of fused-ring (bicyclic) bond motifs is 3. The summed E-state index contributed by atoms with van der Waals surface area (Å²) in [5.74, 6) is 1.61. The van der Waals surface area contributed by atoms with E-state index in [1.54, 1.807) is 0 Å². The minimum atomic E-state index is 0.801. The Bertz CT molecular complexity index is 2850. The van der Waals surface area contributed by atoms with E-state index in [0.29, 0.717) is 0 Å². The summed E-state index contributed by atoms with van der Waals surface area (Å²) in [5.41, 5.74) is 13.7. The van der Waals surface area contributed by atoms with Gasteiger partial charge >= 0.3 is 0 Å². The molecule has 0 atom stereocenters. The average molecular weight is 691 g/mol. The fourth-order valence-corrected chi connectivity index (χ4v) is 7.80. The molecule has 0 unspecified atom stereocenters. The van der Waals surface area contributed by atoms with Gasteiger partial charge in [0.25, 0.3) is 0 Å². The molecule has 8 aromatic carbocycles. The number of para-hydroxylation sites is 3. The van der Waals surface area contributed by atoms with Crippen molar-refractivity contribution in [2.45, 2.75) is 0 Å². The van der Waals surface area contributed by atoms with Gasteiger partial charge < -0.3 is 4.57 Å². The predicted molar refractivity (Wildman–Crippen MR) is 223 cm³/mol. The van der Waals surface area contributed by atoms with Gasteiger partial charge in [-0.1, -0.05) is 170 Å². The first kappa shape index (κ1) is 31.4. The first-order chi connectivity index (χ1) is 26.8. The lowest BCUT2D eigenvalue weighted by Crippen LogP contribution is -2.00. The zero-order valence-corrected chi connectivity index (χ0v) is 29.4. The van der Waals surface area contributed by atoms with Crippen molar-refractivity contribution in [3.8, 4) is 67.5 Å². The van der Waals surface area contributed by atoms with Gasteiger partial charge in [0, 0.05) is 33.3 Å². The number of nitrogens with zero attached hydrogens (tertiary/aromatic N) is 4. The highest BCUT2D eigenvalue weighted by Crippen LogP contribution is 2.40. The van der Waals surface area contributed by atoms with Gasteiger partial charge in [-0.05, 0) is 69.8 Å². The highest BCUT2D eigenvalue weighted by Gasteiger charge is 2.18. The molecule has 0 saturated heterocycles. The molecule has 0 saturated carbocycles. The van der Waals surface area contributed by atoms with Gasteiger partial charge in [-0.15, -0.1) is 10.2 Å². The Kier molecular flexibility index (Phi) is 7.77. The van der Waals surface area contributed by atoms with Gasteiger partial charge in [0.05, 0.1) is 11.0 Å². The van der Waals surface area contributed by atoms with Crippen LogP contribution in [0.4, 0.5) is 0 Å². The Morgan fingerprint density at radius 2 is 0.630 bits per heavy atom. The summed E-state index contributed by atoms with van der Waals surface area (Å²) in [5, 5.41) is 11.9. The first-order valence-corrected chi connectivity index (χ1v) is 18.3. The van der Waals surface area contributed by atoms with Crippen LogP contribution >= 0.6 is 0 Å². The quantitative estimate of drug-likeness (QED) is 0.167.